The molecule has 3 aliphatic rings. The van der Waals surface area contributed by atoms with E-state index in [0.29, 0.717) is 11.9 Å². The molecule has 1 saturated carbocycles. The van der Waals surface area contributed by atoms with Crippen LogP contribution in [0.15, 0.2) is 16.7 Å². The molecule has 3 heterocycles. The average molecular weight is 422 g/mol. The number of aryl methyl sites for hydroxylation is 1. The van der Waals surface area contributed by atoms with Crippen LogP contribution in [0.3, 0.4) is 0 Å². The second kappa shape index (κ2) is 7.12. The van der Waals surface area contributed by atoms with E-state index in [0.717, 1.165) is 80.4 Å². The largest absolute Gasteiger partial charge is 0.393 e. The molecule has 0 aromatic carbocycles. The van der Waals surface area contributed by atoms with Gasteiger partial charge in [-0.25, -0.2) is 4.98 Å². The van der Waals surface area contributed by atoms with Crippen LogP contribution in [0.5, 0.6) is 0 Å². The smallest absolute Gasteiger partial charge is 0.230 e. The van der Waals surface area contributed by atoms with Crippen LogP contribution in [0.1, 0.15) is 50.5 Å². The first kappa shape index (κ1) is 18.2. The van der Waals surface area contributed by atoms with Crippen molar-refractivity contribution in [3.8, 4) is 0 Å². The van der Waals surface area contributed by atoms with Crippen molar-refractivity contribution in [1.29, 1.82) is 0 Å². The van der Waals surface area contributed by atoms with Crippen LogP contribution in [-0.4, -0.2) is 52.7 Å². The van der Waals surface area contributed by atoms with Crippen LogP contribution in [0, 0.1) is 12.3 Å². The highest BCUT2D eigenvalue weighted by atomic mass is 79.9. The maximum atomic E-state index is 13.4. The van der Waals surface area contributed by atoms with Gasteiger partial charge in [-0.1, -0.05) is 0 Å². The Bertz CT molecular complexity index is 690. The highest BCUT2D eigenvalue weighted by Gasteiger charge is 2.50. The van der Waals surface area contributed by atoms with E-state index in [2.05, 4.69) is 43.7 Å². The molecule has 1 atom stereocenters. The van der Waals surface area contributed by atoms with Crippen molar-refractivity contribution in [1.82, 2.24) is 9.88 Å². The van der Waals surface area contributed by atoms with Gasteiger partial charge >= 0.3 is 0 Å². The lowest BCUT2D eigenvalue weighted by atomic mass is 9.78. The highest BCUT2D eigenvalue weighted by Crippen LogP contribution is 2.43. The Kier molecular flexibility index (Phi) is 4.99. The molecule has 1 aliphatic carbocycles. The number of hydrogen-bond acceptors (Lipinski definition) is 4. The summed E-state index contributed by atoms with van der Waals surface area (Å²) in [4.78, 5) is 22.5. The van der Waals surface area contributed by atoms with Gasteiger partial charge in [-0.3, -0.25) is 4.79 Å². The van der Waals surface area contributed by atoms with Gasteiger partial charge in [-0.2, -0.15) is 0 Å². The van der Waals surface area contributed by atoms with E-state index in [1.54, 1.807) is 0 Å². The molecule has 142 valence electrons. The lowest BCUT2D eigenvalue weighted by Gasteiger charge is -2.41. The quantitative estimate of drug-likeness (QED) is 0.795. The number of aliphatic hydroxyl groups excluding tert-OH is 1. The van der Waals surface area contributed by atoms with Crippen molar-refractivity contribution in [3.63, 3.8) is 0 Å². The van der Waals surface area contributed by atoms with E-state index in [4.69, 9.17) is 0 Å². The third-order valence-corrected chi connectivity index (χ3v) is 6.98. The molecule has 1 spiro atoms. The number of carbonyl (C=O) groups excluding carboxylic acids is 1. The second-order valence-electron chi connectivity index (χ2n) is 8.31. The predicted octanol–water partition coefficient (Wildman–Crippen LogP) is 3.27. The van der Waals surface area contributed by atoms with Crippen LogP contribution in [0.4, 0.5) is 5.82 Å². The summed E-state index contributed by atoms with van der Waals surface area (Å²) in [6.07, 6.45) is 8.21. The Balaban J connectivity index is 1.50. The number of aliphatic hydroxyl groups is 1. The Labute approximate surface area is 163 Å². The summed E-state index contributed by atoms with van der Waals surface area (Å²) in [5.74, 6) is 1.36. The first-order valence-corrected chi connectivity index (χ1v) is 10.6. The fourth-order valence-electron chi connectivity index (χ4n) is 5.12. The molecule has 6 heteroatoms. The Morgan fingerprint density at radius 2 is 2.00 bits per heavy atom. The van der Waals surface area contributed by atoms with Gasteiger partial charge < -0.3 is 14.9 Å². The third kappa shape index (κ3) is 3.26. The van der Waals surface area contributed by atoms with Crippen molar-refractivity contribution < 1.29 is 9.90 Å². The predicted molar refractivity (Wildman–Crippen MR) is 105 cm³/mol. The topological polar surface area (TPSA) is 56.7 Å². The van der Waals surface area contributed by atoms with Crippen molar-refractivity contribution >= 4 is 27.7 Å². The zero-order valence-electron chi connectivity index (χ0n) is 15.5. The van der Waals surface area contributed by atoms with E-state index >= 15 is 0 Å². The number of pyridine rings is 1. The van der Waals surface area contributed by atoms with E-state index in [9.17, 15) is 9.90 Å². The van der Waals surface area contributed by atoms with Crippen molar-refractivity contribution in [2.45, 2.75) is 64.0 Å². The van der Waals surface area contributed by atoms with Gasteiger partial charge in [-0.05, 0) is 79.4 Å². The number of anilines is 1. The van der Waals surface area contributed by atoms with E-state index in [1.807, 2.05) is 6.20 Å². The van der Waals surface area contributed by atoms with E-state index in [1.165, 1.54) is 0 Å². The molecule has 1 amide bonds. The minimum absolute atomic E-state index is 0.172. The van der Waals surface area contributed by atoms with Crippen molar-refractivity contribution in [2.24, 2.45) is 5.41 Å². The minimum atomic E-state index is -0.241. The molecule has 1 aromatic rings. The van der Waals surface area contributed by atoms with Crippen LogP contribution in [0.25, 0.3) is 0 Å². The summed E-state index contributed by atoms with van der Waals surface area (Å²) in [6.45, 7) is 4.72. The lowest BCUT2D eigenvalue weighted by Crippen LogP contribution is -2.50. The summed E-state index contributed by atoms with van der Waals surface area (Å²) in [5, 5.41) is 9.76. The standard InChI is InChI=1S/C20H28BrN3O2/c1-14-11-15(21)12-22-18(14)23-9-2-7-20(13-23)8-10-24(19(20)26)16-3-5-17(25)6-4-16/h11-12,16-17,25H,2-10,13H2,1H3/t16?,17?,20-/m0/s1. The van der Waals surface area contributed by atoms with Gasteiger partial charge in [0, 0.05) is 36.3 Å². The lowest BCUT2D eigenvalue weighted by molar-refractivity contribution is -0.139. The van der Waals surface area contributed by atoms with Crippen molar-refractivity contribution in [3.05, 3.63) is 22.3 Å². The van der Waals surface area contributed by atoms with Crippen LogP contribution >= 0.6 is 15.9 Å². The molecular weight excluding hydrogens is 394 g/mol. The van der Waals surface area contributed by atoms with Crippen LogP contribution < -0.4 is 4.90 Å². The Hall–Kier alpha value is -1.14. The fraction of sp³-hybridized carbons (Fsp3) is 0.700. The van der Waals surface area contributed by atoms with Gasteiger partial charge in [0.1, 0.15) is 5.82 Å². The summed E-state index contributed by atoms with van der Waals surface area (Å²) in [5.41, 5.74) is 0.912. The number of carbonyl (C=O) groups is 1. The molecule has 26 heavy (non-hydrogen) atoms. The molecular formula is C20H28BrN3O2. The molecule has 1 N–H and O–H groups in total. The number of hydrogen-bond donors (Lipinski definition) is 1. The molecule has 1 aromatic heterocycles. The zero-order valence-corrected chi connectivity index (χ0v) is 17.0. The van der Waals surface area contributed by atoms with Gasteiger partial charge in [0.25, 0.3) is 0 Å². The monoisotopic (exact) mass is 421 g/mol. The summed E-state index contributed by atoms with van der Waals surface area (Å²) < 4.78 is 0.994. The van der Waals surface area contributed by atoms with Gasteiger partial charge in [-0.15, -0.1) is 0 Å². The van der Waals surface area contributed by atoms with E-state index in [-0.39, 0.29) is 11.5 Å². The van der Waals surface area contributed by atoms with Gasteiger partial charge in [0.15, 0.2) is 0 Å². The first-order valence-electron chi connectivity index (χ1n) is 9.85. The SMILES string of the molecule is Cc1cc(Br)cnc1N1CCC[C@]2(CCN(C3CCC(O)CC3)C2=O)C1. The van der Waals surface area contributed by atoms with E-state index < -0.39 is 0 Å². The second-order valence-corrected chi connectivity index (χ2v) is 9.23. The fourth-order valence-corrected chi connectivity index (χ4v) is 5.57. The molecule has 0 bridgehead atoms. The number of aromatic nitrogens is 1. The molecule has 5 nitrogen and oxygen atoms in total. The molecule has 2 saturated heterocycles. The molecule has 0 unspecified atom stereocenters. The molecule has 3 fully saturated rings. The average Bonchev–Trinajstić information content (AvgIpc) is 2.92. The number of nitrogens with zero attached hydrogens (tertiary/aromatic N) is 3. The van der Waals surface area contributed by atoms with Crippen LogP contribution in [0.2, 0.25) is 0 Å². The third-order valence-electron chi connectivity index (χ3n) is 6.55. The summed E-state index contributed by atoms with van der Waals surface area (Å²) in [6, 6.07) is 2.42. The van der Waals surface area contributed by atoms with Crippen LogP contribution in [-0.2, 0) is 4.79 Å². The number of amides is 1. The number of likely N-dealkylation sites (tertiary alicyclic amines) is 1. The minimum Gasteiger partial charge on any atom is -0.393 e. The summed E-state index contributed by atoms with van der Waals surface area (Å²) >= 11 is 3.49. The van der Waals surface area contributed by atoms with Gasteiger partial charge in [0.05, 0.1) is 11.5 Å². The number of piperidine rings is 1. The number of rotatable bonds is 2. The Morgan fingerprint density at radius 1 is 1.23 bits per heavy atom. The molecule has 4 rings (SSSR count). The highest BCUT2D eigenvalue weighted by molar-refractivity contribution is 9.10. The summed E-state index contributed by atoms with van der Waals surface area (Å²) in [7, 11) is 0. The first-order chi connectivity index (χ1) is 12.5. The maximum absolute atomic E-state index is 13.4. The Morgan fingerprint density at radius 3 is 2.73 bits per heavy atom. The normalized spacial score (nSPS) is 32.5. The van der Waals surface area contributed by atoms with Gasteiger partial charge in [0.2, 0.25) is 5.91 Å². The maximum Gasteiger partial charge on any atom is 0.230 e. The molecule has 2 aliphatic heterocycles. The molecule has 0 radical (unpaired) electrons. The number of halogens is 1. The zero-order chi connectivity index (χ0) is 18.3. The van der Waals surface area contributed by atoms with Crippen molar-refractivity contribution in [2.75, 3.05) is 24.5 Å².